The van der Waals surface area contributed by atoms with Gasteiger partial charge >= 0.3 is 0 Å². The summed E-state index contributed by atoms with van der Waals surface area (Å²) in [4.78, 5) is 14.7. The van der Waals surface area contributed by atoms with Crippen LogP contribution in [0.5, 0.6) is 0 Å². The fourth-order valence-corrected chi connectivity index (χ4v) is 3.59. The molecule has 27 heavy (non-hydrogen) atoms. The quantitative estimate of drug-likeness (QED) is 0.759. The van der Waals surface area contributed by atoms with Gasteiger partial charge in [0.05, 0.1) is 0 Å². The molecule has 4 nitrogen and oxygen atoms in total. The van der Waals surface area contributed by atoms with E-state index >= 15 is 0 Å². The molecule has 1 amide bonds. The maximum absolute atomic E-state index is 12.2. The van der Waals surface area contributed by atoms with Crippen molar-refractivity contribution in [2.45, 2.75) is 40.0 Å². The van der Waals surface area contributed by atoms with Gasteiger partial charge < -0.3 is 15.5 Å². The van der Waals surface area contributed by atoms with Crippen LogP contribution in [0.2, 0.25) is 0 Å². The zero-order valence-corrected chi connectivity index (χ0v) is 16.7. The molecule has 3 rings (SSSR count). The van der Waals surface area contributed by atoms with Gasteiger partial charge in [0.25, 0.3) is 0 Å². The van der Waals surface area contributed by atoms with E-state index in [1.165, 1.54) is 18.5 Å². The molecular formula is C23H31N3O. The second kappa shape index (κ2) is 8.94. The Morgan fingerprint density at radius 1 is 1.04 bits per heavy atom. The van der Waals surface area contributed by atoms with Crippen molar-refractivity contribution >= 4 is 23.0 Å². The predicted molar refractivity (Wildman–Crippen MR) is 115 cm³/mol. The van der Waals surface area contributed by atoms with E-state index in [4.69, 9.17) is 0 Å². The first-order valence-electron chi connectivity index (χ1n) is 9.98. The van der Waals surface area contributed by atoms with Crippen LogP contribution in [0.25, 0.3) is 0 Å². The van der Waals surface area contributed by atoms with Gasteiger partial charge in [-0.1, -0.05) is 25.1 Å². The Bertz CT molecular complexity index is 741. The van der Waals surface area contributed by atoms with Crippen LogP contribution in [0.15, 0.2) is 42.5 Å². The first-order valence-corrected chi connectivity index (χ1v) is 9.98. The number of benzene rings is 2. The molecule has 1 aliphatic rings. The monoisotopic (exact) mass is 365 g/mol. The van der Waals surface area contributed by atoms with Gasteiger partial charge in [0.2, 0.25) is 5.91 Å². The summed E-state index contributed by atoms with van der Waals surface area (Å²) in [7, 11) is 0. The van der Waals surface area contributed by atoms with Crippen LogP contribution in [0.1, 0.15) is 37.3 Å². The molecule has 0 atom stereocenters. The summed E-state index contributed by atoms with van der Waals surface area (Å²) in [5, 5.41) is 6.38. The predicted octanol–water partition coefficient (Wildman–Crippen LogP) is 4.98. The molecule has 0 aliphatic carbocycles. The molecule has 2 N–H and O–H groups in total. The number of carbonyl (C=O) groups is 1. The molecular weight excluding hydrogens is 334 g/mol. The van der Waals surface area contributed by atoms with Crippen LogP contribution >= 0.6 is 0 Å². The smallest absolute Gasteiger partial charge is 0.226 e. The van der Waals surface area contributed by atoms with Crippen molar-refractivity contribution in [3.05, 3.63) is 53.6 Å². The van der Waals surface area contributed by atoms with E-state index in [0.29, 0.717) is 13.0 Å². The van der Waals surface area contributed by atoms with E-state index < -0.39 is 0 Å². The topological polar surface area (TPSA) is 44.4 Å². The molecule has 0 saturated carbocycles. The van der Waals surface area contributed by atoms with Gasteiger partial charge in [-0.3, -0.25) is 4.79 Å². The van der Waals surface area contributed by atoms with Gasteiger partial charge in [-0.2, -0.15) is 0 Å². The maximum atomic E-state index is 12.2. The lowest BCUT2D eigenvalue weighted by Crippen LogP contribution is -2.32. The number of anilines is 3. The first kappa shape index (κ1) is 19.3. The van der Waals surface area contributed by atoms with E-state index in [1.54, 1.807) is 0 Å². The Morgan fingerprint density at radius 2 is 1.67 bits per heavy atom. The van der Waals surface area contributed by atoms with Gasteiger partial charge in [0.15, 0.2) is 0 Å². The normalized spacial score (nSPS) is 14.9. The number of aryl methyl sites for hydroxylation is 2. The average Bonchev–Trinajstić information content (AvgIpc) is 2.66. The molecule has 0 unspecified atom stereocenters. The van der Waals surface area contributed by atoms with Crippen LogP contribution in [0, 0.1) is 19.8 Å². The summed E-state index contributed by atoms with van der Waals surface area (Å²) >= 11 is 0. The third kappa shape index (κ3) is 5.25. The summed E-state index contributed by atoms with van der Waals surface area (Å²) in [6.45, 7) is 9.29. The fraction of sp³-hybridized carbons (Fsp3) is 0.435. The summed E-state index contributed by atoms with van der Waals surface area (Å²) in [6, 6.07) is 14.6. The Kier molecular flexibility index (Phi) is 6.38. The van der Waals surface area contributed by atoms with Crippen LogP contribution < -0.4 is 15.5 Å². The number of hydrogen-bond acceptors (Lipinski definition) is 3. The van der Waals surface area contributed by atoms with Gasteiger partial charge in [-0.05, 0) is 68.0 Å². The van der Waals surface area contributed by atoms with Crippen molar-refractivity contribution in [3.63, 3.8) is 0 Å². The van der Waals surface area contributed by atoms with E-state index in [2.05, 4.69) is 46.7 Å². The Morgan fingerprint density at radius 3 is 2.30 bits per heavy atom. The second-order valence-electron chi connectivity index (χ2n) is 7.71. The molecule has 1 fully saturated rings. The lowest BCUT2D eigenvalue weighted by molar-refractivity contribution is -0.115. The lowest BCUT2D eigenvalue weighted by Gasteiger charge is -2.32. The van der Waals surface area contributed by atoms with Crippen molar-refractivity contribution in [3.8, 4) is 0 Å². The molecule has 0 aromatic heterocycles. The minimum absolute atomic E-state index is 0.0407. The second-order valence-corrected chi connectivity index (χ2v) is 7.71. The first-order chi connectivity index (χ1) is 13.0. The van der Waals surface area contributed by atoms with E-state index in [9.17, 15) is 4.79 Å². The van der Waals surface area contributed by atoms with E-state index in [0.717, 1.165) is 41.5 Å². The standard InChI is InChI=1S/C23H31N3O/c1-17-12-15-26(16-13-17)21-9-7-20(8-10-21)24-14-11-22(27)25-23-18(2)5-4-6-19(23)3/h4-10,17,24H,11-16H2,1-3H3,(H,25,27). The molecule has 4 heteroatoms. The highest BCUT2D eigenvalue weighted by Crippen LogP contribution is 2.24. The van der Waals surface area contributed by atoms with Crippen molar-refractivity contribution in [1.82, 2.24) is 0 Å². The van der Waals surface area contributed by atoms with Gasteiger partial charge in [0.1, 0.15) is 0 Å². The number of nitrogens with zero attached hydrogens (tertiary/aromatic N) is 1. The van der Waals surface area contributed by atoms with Gasteiger partial charge in [-0.25, -0.2) is 0 Å². The highest BCUT2D eigenvalue weighted by molar-refractivity contribution is 5.92. The number of nitrogens with one attached hydrogen (secondary N) is 2. The number of carbonyl (C=O) groups excluding carboxylic acids is 1. The van der Waals surface area contributed by atoms with Crippen LogP contribution in [-0.2, 0) is 4.79 Å². The summed E-state index contributed by atoms with van der Waals surface area (Å²) in [6.07, 6.45) is 2.99. The Hall–Kier alpha value is -2.49. The van der Waals surface area contributed by atoms with E-state index in [-0.39, 0.29) is 5.91 Å². The summed E-state index contributed by atoms with van der Waals surface area (Å²) in [5.41, 5.74) is 5.48. The van der Waals surface area contributed by atoms with Crippen molar-refractivity contribution in [2.75, 3.05) is 35.2 Å². The molecule has 1 saturated heterocycles. The largest absolute Gasteiger partial charge is 0.385 e. The number of piperidine rings is 1. The highest BCUT2D eigenvalue weighted by Gasteiger charge is 2.15. The third-order valence-electron chi connectivity index (χ3n) is 5.44. The SMILES string of the molecule is Cc1cccc(C)c1NC(=O)CCNc1ccc(N2CCC(C)CC2)cc1. The van der Waals surface area contributed by atoms with Gasteiger partial charge in [-0.15, -0.1) is 0 Å². The van der Waals surface area contributed by atoms with Crippen molar-refractivity contribution in [1.29, 1.82) is 0 Å². The summed E-state index contributed by atoms with van der Waals surface area (Å²) < 4.78 is 0. The number of rotatable bonds is 6. The average molecular weight is 366 g/mol. The molecule has 2 aromatic carbocycles. The Labute approximate surface area is 163 Å². The molecule has 1 aliphatic heterocycles. The highest BCUT2D eigenvalue weighted by atomic mass is 16.1. The van der Waals surface area contributed by atoms with Crippen LogP contribution in [0.4, 0.5) is 17.1 Å². The summed E-state index contributed by atoms with van der Waals surface area (Å²) in [5.74, 6) is 0.885. The fourth-order valence-electron chi connectivity index (χ4n) is 3.59. The minimum Gasteiger partial charge on any atom is -0.385 e. The molecule has 2 aromatic rings. The number of amides is 1. The number of hydrogen-bond donors (Lipinski definition) is 2. The Balaban J connectivity index is 1.45. The minimum atomic E-state index is 0.0407. The molecule has 144 valence electrons. The lowest BCUT2D eigenvalue weighted by atomic mass is 9.99. The number of para-hydroxylation sites is 1. The zero-order valence-electron chi connectivity index (χ0n) is 16.7. The molecule has 1 heterocycles. The third-order valence-corrected chi connectivity index (χ3v) is 5.44. The van der Waals surface area contributed by atoms with Crippen LogP contribution in [0.3, 0.4) is 0 Å². The molecule has 0 radical (unpaired) electrons. The zero-order chi connectivity index (χ0) is 19.2. The van der Waals surface area contributed by atoms with E-state index in [1.807, 2.05) is 32.0 Å². The molecule has 0 spiro atoms. The van der Waals surface area contributed by atoms with Gasteiger partial charge in [0, 0.05) is 43.1 Å². The molecule has 0 bridgehead atoms. The van der Waals surface area contributed by atoms with Crippen molar-refractivity contribution < 1.29 is 4.79 Å². The maximum Gasteiger partial charge on any atom is 0.226 e. The van der Waals surface area contributed by atoms with Crippen LogP contribution in [-0.4, -0.2) is 25.5 Å². The van der Waals surface area contributed by atoms with Crippen molar-refractivity contribution in [2.24, 2.45) is 5.92 Å².